The number of nitro groups is 1. The van der Waals surface area contributed by atoms with Crippen molar-refractivity contribution >= 4 is 61.2 Å². The van der Waals surface area contributed by atoms with E-state index < -0.39 is 40.0 Å². The zero-order valence-corrected chi connectivity index (χ0v) is 18.4. The molecule has 170 valence electrons. The van der Waals surface area contributed by atoms with Gasteiger partial charge in [-0.05, 0) is 17.5 Å². The average Bonchev–Trinajstić information content (AvgIpc) is 3.52. The van der Waals surface area contributed by atoms with Crippen LogP contribution in [0.4, 0.5) is 19.6 Å². The van der Waals surface area contributed by atoms with E-state index >= 15 is 0 Å². The molecule has 2 aromatic carbocycles. The third-order valence-corrected chi connectivity index (χ3v) is 7.12. The van der Waals surface area contributed by atoms with E-state index in [9.17, 15) is 33.6 Å². The summed E-state index contributed by atoms with van der Waals surface area (Å²) in [6.45, 7) is 0. The average molecular weight is 499 g/mol. The first-order chi connectivity index (χ1) is 16.3. The molecule has 12 heteroatoms. The Morgan fingerprint density at radius 2 is 1.94 bits per heavy atom. The van der Waals surface area contributed by atoms with E-state index in [1.807, 2.05) is 0 Å². The van der Waals surface area contributed by atoms with Gasteiger partial charge < -0.3 is 5.11 Å². The van der Waals surface area contributed by atoms with Gasteiger partial charge in [-0.1, -0.05) is 29.5 Å². The zero-order valence-electron chi connectivity index (χ0n) is 16.8. The summed E-state index contributed by atoms with van der Waals surface area (Å²) >= 11 is 2.02. The number of rotatable bonds is 4. The summed E-state index contributed by atoms with van der Waals surface area (Å²) in [5, 5.41) is 23.8. The van der Waals surface area contributed by atoms with Crippen molar-refractivity contribution in [2.75, 3.05) is 4.90 Å². The number of amides is 1. The van der Waals surface area contributed by atoms with Crippen LogP contribution in [0.2, 0.25) is 0 Å². The normalized spacial score (nSPS) is 17.6. The van der Waals surface area contributed by atoms with E-state index in [-0.39, 0.29) is 32.2 Å². The summed E-state index contributed by atoms with van der Waals surface area (Å²) in [5.41, 5.74) is -0.786. The quantitative estimate of drug-likeness (QED) is 0.136. The molecule has 5 rings (SSSR count). The van der Waals surface area contributed by atoms with Crippen molar-refractivity contribution in [3.05, 3.63) is 91.7 Å². The number of aromatic nitrogens is 1. The van der Waals surface area contributed by atoms with E-state index in [1.54, 1.807) is 17.5 Å². The molecule has 1 amide bonds. The molecule has 0 radical (unpaired) electrons. The lowest BCUT2D eigenvalue weighted by atomic mass is 9.99. The van der Waals surface area contributed by atoms with Crippen LogP contribution in [-0.2, 0) is 9.59 Å². The number of nitrogens with zero attached hydrogens (tertiary/aromatic N) is 3. The van der Waals surface area contributed by atoms with Crippen LogP contribution in [0, 0.1) is 21.7 Å². The Morgan fingerprint density at radius 3 is 2.65 bits per heavy atom. The highest BCUT2D eigenvalue weighted by molar-refractivity contribution is 7.22. The largest absolute Gasteiger partial charge is 0.507 e. The summed E-state index contributed by atoms with van der Waals surface area (Å²) in [5.74, 6) is -4.39. The maximum absolute atomic E-state index is 14.3. The predicted octanol–water partition coefficient (Wildman–Crippen LogP) is 5.17. The molecule has 8 nitrogen and oxygen atoms in total. The SMILES string of the molecule is O=C1C(=O)N(c2nc3c(F)cc(F)cc3s2)C(c2cccs2)/C1=C(\O)c1cccc([N+](=O)[O-])c1. The third-order valence-electron chi connectivity index (χ3n) is 5.20. The van der Waals surface area contributed by atoms with Crippen molar-refractivity contribution in [2.24, 2.45) is 0 Å². The van der Waals surface area contributed by atoms with Crippen molar-refractivity contribution in [3.63, 3.8) is 0 Å². The van der Waals surface area contributed by atoms with E-state index in [4.69, 9.17) is 0 Å². The highest BCUT2D eigenvalue weighted by atomic mass is 32.1. The first-order valence-corrected chi connectivity index (χ1v) is 11.3. The lowest BCUT2D eigenvalue weighted by molar-refractivity contribution is -0.384. The Balaban J connectivity index is 1.72. The van der Waals surface area contributed by atoms with Gasteiger partial charge in [0.25, 0.3) is 11.5 Å². The molecule has 1 aliphatic heterocycles. The second-order valence-corrected chi connectivity index (χ2v) is 9.21. The molecule has 1 atom stereocenters. The third kappa shape index (κ3) is 3.43. The fraction of sp³-hybridized carbons (Fsp3) is 0.0455. The zero-order chi connectivity index (χ0) is 24.1. The number of ketones is 1. The van der Waals surface area contributed by atoms with Gasteiger partial charge in [-0.15, -0.1) is 11.3 Å². The number of aliphatic hydroxyl groups excluding tert-OH is 1. The minimum atomic E-state index is -1.12. The van der Waals surface area contributed by atoms with E-state index in [2.05, 4.69) is 4.98 Å². The molecule has 4 aromatic rings. The maximum atomic E-state index is 14.3. The molecule has 0 saturated carbocycles. The van der Waals surface area contributed by atoms with Gasteiger partial charge in [0.1, 0.15) is 23.1 Å². The first-order valence-electron chi connectivity index (χ1n) is 9.61. The van der Waals surface area contributed by atoms with E-state index in [0.29, 0.717) is 10.9 Å². The number of aliphatic hydroxyl groups is 1. The lowest BCUT2D eigenvalue weighted by Gasteiger charge is -2.21. The fourth-order valence-electron chi connectivity index (χ4n) is 3.72. The van der Waals surface area contributed by atoms with Crippen LogP contribution in [0.15, 0.2) is 59.5 Å². The van der Waals surface area contributed by atoms with Crippen LogP contribution in [0.3, 0.4) is 0 Å². The number of Topliss-reactive ketones (excluding diaryl/α,β-unsaturated/α-hetero) is 1. The van der Waals surface area contributed by atoms with Crippen molar-refractivity contribution in [1.82, 2.24) is 4.98 Å². The van der Waals surface area contributed by atoms with Gasteiger partial charge in [-0.2, -0.15) is 0 Å². The number of halogens is 2. The van der Waals surface area contributed by atoms with Crippen LogP contribution in [0.25, 0.3) is 16.0 Å². The van der Waals surface area contributed by atoms with E-state index in [1.165, 1.54) is 29.5 Å². The lowest BCUT2D eigenvalue weighted by Crippen LogP contribution is -2.28. The first kappa shape index (κ1) is 21.8. The number of hydrogen-bond acceptors (Lipinski definition) is 8. The number of nitro benzene ring substituents is 1. The van der Waals surface area contributed by atoms with Gasteiger partial charge in [0, 0.05) is 28.6 Å². The second kappa shape index (κ2) is 8.08. The molecule has 1 unspecified atom stereocenters. The Morgan fingerprint density at radius 1 is 1.15 bits per heavy atom. The molecule has 0 bridgehead atoms. The number of anilines is 1. The van der Waals surface area contributed by atoms with Crippen LogP contribution in [0.1, 0.15) is 16.5 Å². The monoisotopic (exact) mass is 499 g/mol. The molecular formula is C22H11F2N3O5S2. The van der Waals surface area contributed by atoms with Gasteiger partial charge in [0.15, 0.2) is 10.9 Å². The van der Waals surface area contributed by atoms with Crippen molar-refractivity contribution in [1.29, 1.82) is 0 Å². The van der Waals surface area contributed by atoms with Crippen LogP contribution in [0.5, 0.6) is 0 Å². The van der Waals surface area contributed by atoms with E-state index in [0.717, 1.165) is 28.4 Å². The summed E-state index contributed by atoms with van der Waals surface area (Å²) < 4.78 is 28.1. The molecule has 0 spiro atoms. The molecule has 1 saturated heterocycles. The number of benzene rings is 2. The number of non-ortho nitro benzene ring substituents is 1. The van der Waals surface area contributed by atoms with Crippen LogP contribution >= 0.6 is 22.7 Å². The molecule has 34 heavy (non-hydrogen) atoms. The molecule has 1 fully saturated rings. The number of hydrogen-bond donors (Lipinski definition) is 1. The summed E-state index contributed by atoms with van der Waals surface area (Å²) in [6.07, 6.45) is 0. The molecular weight excluding hydrogens is 488 g/mol. The van der Waals surface area contributed by atoms with Crippen molar-refractivity contribution in [3.8, 4) is 0 Å². The second-order valence-electron chi connectivity index (χ2n) is 7.22. The number of carbonyl (C=O) groups is 2. The molecule has 2 aromatic heterocycles. The summed E-state index contributed by atoms with van der Waals surface area (Å²) in [7, 11) is 0. The van der Waals surface area contributed by atoms with Crippen molar-refractivity contribution < 1.29 is 28.4 Å². The van der Waals surface area contributed by atoms with Gasteiger partial charge in [0.05, 0.1) is 15.2 Å². The van der Waals surface area contributed by atoms with Crippen LogP contribution < -0.4 is 4.90 Å². The van der Waals surface area contributed by atoms with Gasteiger partial charge in [-0.3, -0.25) is 24.6 Å². The Kier molecular flexibility index (Phi) is 5.18. The summed E-state index contributed by atoms with van der Waals surface area (Å²) in [4.78, 5) is 42.3. The number of fused-ring (bicyclic) bond motifs is 1. The molecule has 3 heterocycles. The molecule has 0 aliphatic carbocycles. The van der Waals surface area contributed by atoms with Crippen LogP contribution in [-0.4, -0.2) is 26.7 Å². The Bertz CT molecular complexity index is 1530. The minimum absolute atomic E-state index is 0.0221. The number of thiophene rings is 1. The Hall–Kier alpha value is -4.03. The predicted molar refractivity (Wildman–Crippen MR) is 122 cm³/mol. The van der Waals surface area contributed by atoms with Gasteiger partial charge in [-0.25, -0.2) is 13.8 Å². The topological polar surface area (TPSA) is 114 Å². The maximum Gasteiger partial charge on any atom is 0.301 e. The van der Waals surface area contributed by atoms with Gasteiger partial charge >= 0.3 is 5.91 Å². The highest BCUT2D eigenvalue weighted by Crippen LogP contribution is 2.45. The molecule has 1 aliphatic rings. The Labute approximate surface area is 197 Å². The highest BCUT2D eigenvalue weighted by Gasteiger charge is 2.48. The fourth-order valence-corrected chi connectivity index (χ4v) is 5.57. The number of thiazole rings is 1. The van der Waals surface area contributed by atoms with Crippen molar-refractivity contribution in [2.45, 2.75) is 6.04 Å². The minimum Gasteiger partial charge on any atom is -0.507 e. The number of carbonyl (C=O) groups excluding carboxylic acids is 2. The summed E-state index contributed by atoms with van der Waals surface area (Å²) in [6, 6.07) is 8.96. The molecule has 1 N–H and O–H groups in total. The van der Waals surface area contributed by atoms with Gasteiger partial charge in [0.2, 0.25) is 0 Å². The smallest absolute Gasteiger partial charge is 0.301 e. The standard InChI is InChI=1S/C22H11F2N3O5S2/c23-11-8-13(24)17-15(9-11)34-22(25-17)26-18(14-5-2-6-33-14)16(20(29)21(26)30)19(28)10-3-1-4-12(7-10)27(31)32/h1-9,18,28H/b19-16+.